The van der Waals surface area contributed by atoms with Gasteiger partial charge in [-0.05, 0) is 36.0 Å². The van der Waals surface area contributed by atoms with Crippen LogP contribution in [0.4, 0.5) is 18.9 Å². The summed E-state index contributed by atoms with van der Waals surface area (Å²) in [5.74, 6) is 1.14. The number of hydrogen-bond acceptors (Lipinski definition) is 1. The lowest BCUT2D eigenvalue weighted by molar-refractivity contribution is -0.138. The minimum atomic E-state index is -4.30. The minimum absolute atomic E-state index is 0.219. The molecule has 1 atom stereocenters. The fourth-order valence-corrected chi connectivity index (χ4v) is 3.20. The number of rotatable bonds is 3. The molecule has 20 heavy (non-hydrogen) atoms. The normalized spacial score (nSPS) is 19.9. The van der Waals surface area contributed by atoms with Gasteiger partial charge in [-0.1, -0.05) is 35.8 Å². The van der Waals surface area contributed by atoms with Crippen LogP contribution in [0.3, 0.4) is 0 Å². The van der Waals surface area contributed by atoms with Gasteiger partial charge in [-0.3, -0.25) is 0 Å². The molecule has 1 nitrogen and oxygen atoms in total. The summed E-state index contributed by atoms with van der Waals surface area (Å²) in [6.07, 6.45) is -3.24. The van der Waals surface area contributed by atoms with Gasteiger partial charge in [0, 0.05) is 24.1 Å². The van der Waals surface area contributed by atoms with E-state index in [4.69, 9.17) is 0 Å². The second-order valence-electron chi connectivity index (χ2n) is 5.71. The first-order chi connectivity index (χ1) is 9.32. The zero-order valence-corrected chi connectivity index (χ0v) is 13.3. The van der Waals surface area contributed by atoms with Gasteiger partial charge in [0.25, 0.3) is 0 Å². The summed E-state index contributed by atoms with van der Waals surface area (Å²) < 4.78 is 39.2. The Balaban J connectivity index is 2.26. The van der Waals surface area contributed by atoms with Crippen LogP contribution in [0.5, 0.6) is 0 Å². The Kier molecular flexibility index (Phi) is 4.67. The maximum atomic E-state index is 13.1. The van der Waals surface area contributed by atoms with Crippen molar-refractivity contribution >= 4 is 21.6 Å². The molecule has 5 heteroatoms. The molecule has 1 saturated heterocycles. The first-order valence-corrected chi connectivity index (χ1v) is 7.96. The van der Waals surface area contributed by atoms with E-state index in [1.807, 2.05) is 0 Å². The molecule has 0 amide bonds. The summed E-state index contributed by atoms with van der Waals surface area (Å²) in [5.41, 5.74) is 0.450. The number of nitrogens with zero attached hydrogens (tertiary/aromatic N) is 1. The Hall–Kier alpha value is -0.710. The lowest BCUT2D eigenvalue weighted by Gasteiger charge is -2.22. The molecule has 2 rings (SSSR count). The van der Waals surface area contributed by atoms with Crippen LogP contribution in [0.1, 0.15) is 31.4 Å². The Bertz CT molecular complexity index is 471. The van der Waals surface area contributed by atoms with Gasteiger partial charge in [-0.15, -0.1) is 0 Å². The van der Waals surface area contributed by atoms with E-state index in [9.17, 15) is 13.2 Å². The van der Waals surface area contributed by atoms with Gasteiger partial charge >= 0.3 is 6.18 Å². The standard InChI is InChI=1S/C15H19BrF3N/c1-10(2)12-5-6-20(9-12)13-4-3-11(8-16)14(7-13)15(17,18)19/h3-4,7,10,12H,5-6,8-9H2,1-2H3. The average Bonchev–Trinajstić information content (AvgIpc) is 2.86. The van der Waals surface area contributed by atoms with Crippen LogP contribution < -0.4 is 4.90 Å². The molecule has 0 bridgehead atoms. The largest absolute Gasteiger partial charge is 0.416 e. The van der Waals surface area contributed by atoms with Gasteiger partial charge in [-0.25, -0.2) is 0 Å². The zero-order valence-electron chi connectivity index (χ0n) is 11.7. The Morgan fingerprint density at radius 2 is 2.05 bits per heavy atom. The highest BCUT2D eigenvalue weighted by molar-refractivity contribution is 9.08. The van der Waals surface area contributed by atoms with E-state index >= 15 is 0 Å². The molecule has 0 aliphatic carbocycles. The monoisotopic (exact) mass is 349 g/mol. The third-order valence-electron chi connectivity index (χ3n) is 4.08. The van der Waals surface area contributed by atoms with E-state index < -0.39 is 11.7 Å². The van der Waals surface area contributed by atoms with Crippen LogP contribution in [0.25, 0.3) is 0 Å². The van der Waals surface area contributed by atoms with Crippen LogP contribution in [0.15, 0.2) is 18.2 Å². The summed E-state index contributed by atoms with van der Waals surface area (Å²) in [5, 5.41) is 0.219. The van der Waals surface area contributed by atoms with Crippen molar-refractivity contribution in [2.24, 2.45) is 11.8 Å². The Morgan fingerprint density at radius 3 is 2.55 bits per heavy atom. The first kappa shape index (κ1) is 15.7. The highest BCUT2D eigenvalue weighted by Crippen LogP contribution is 2.37. The van der Waals surface area contributed by atoms with Crippen LogP contribution in [0.2, 0.25) is 0 Å². The molecule has 0 aromatic heterocycles. The molecule has 1 aliphatic heterocycles. The van der Waals surface area contributed by atoms with E-state index in [1.165, 1.54) is 6.07 Å². The van der Waals surface area contributed by atoms with Gasteiger partial charge in [0.05, 0.1) is 5.56 Å². The number of hydrogen-bond donors (Lipinski definition) is 0. The highest BCUT2D eigenvalue weighted by Gasteiger charge is 2.34. The van der Waals surface area contributed by atoms with E-state index in [-0.39, 0.29) is 5.33 Å². The van der Waals surface area contributed by atoms with E-state index in [1.54, 1.807) is 12.1 Å². The summed E-state index contributed by atoms with van der Waals surface area (Å²) in [7, 11) is 0. The minimum Gasteiger partial charge on any atom is -0.371 e. The lowest BCUT2D eigenvalue weighted by Crippen LogP contribution is -2.22. The zero-order chi connectivity index (χ0) is 14.9. The molecule has 0 spiro atoms. The maximum Gasteiger partial charge on any atom is 0.416 e. The van der Waals surface area contributed by atoms with Crippen molar-refractivity contribution in [1.82, 2.24) is 0 Å². The van der Waals surface area contributed by atoms with Gasteiger partial charge in [0.1, 0.15) is 0 Å². The molecule has 1 aromatic carbocycles. The summed E-state index contributed by atoms with van der Waals surface area (Å²) in [6.45, 7) is 6.03. The molecule has 0 N–H and O–H groups in total. The van der Waals surface area contributed by atoms with Crippen LogP contribution in [-0.4, -0.2) is 13.1 Å². The van der Waals surface area contributed by atoms with Crippen molar-refractivity contribution in [3.8, 4) is 0 Å². The number of alkyl halides is 4. The Morgan fingerprint density at radius 1 is 1.35 bits per heavy atom. The molecular formula is C15H19BrF3N. The van der Waals surface area contributed by atoms with E-state index in [0.717, 1.165) is 19.5 Å². The predicted molar refractivity (Wildman–Crippen MR) is 79.2 cm³/mol. The SMILES string of the molecule is CC(C)C1CCN(c2ccc(CBr)c(C(F)(F)F)c2)C1. The van der Waals surface area contributed by atoms with Crippen molar-refractivity contribution < 1.29 is 13.2 Å². The van der Waals surface area contributed by atoms with Crippen LogP contribution >= 0.6 is 15.9 Å². The van der Waals surface area contributed by atoms with E-state index in [2.05, 4.69) is 34.7 Å². The molecule has 1 aromatic rings. The molecule has 1 aliphatic rings. The highest BCUT2D eigenvalue weighted by atomic mass is 79.9. The topological polar surface area (TPSA) is 3.24 Å². The van der Waals surface area contributed by atoms with Gasteiger partial charge in [-0.2, -0.15) is 13.2 Å². The van der Waals surface area contributed by atoms with E-state index in [0.29, 0.717) is 23.1 Å². The third kappa shape index (κ3) is 3.30. The summed E-state index contributed by atoms with van der Waals surface area (Å²) in [4.78, 5) is 2.07. The molecule has 0 saturated carbocycles. The number of halogens is 4. The van der Waals surface area contributed by atoms with Gasteiger partial charge in [0.2, 0.25) is 0 Å². The number of benzene rings is 1. The van der Waals surface area contributed by atoms with Gasteiger partial charge < -0.3 is 4.90 Å². The van der Waals surface area contributed by atoms with Crippen molar-refractivity contribution in [1.29, 1.82) is 0 Å². The van der Waals surface area contributed by atoms with Crippen molar-refractivity contribution in [2.45, 2.75) is 31.8 Å². The number of anilines is 1. The molecular weight excluding hydrogens is 331 g/mol. The molecule has 1 unspecified atom stereocenters. The smallest absolute Gasteiger partial charge is 0.371 e. The molecule has 1 heterocycles. The van der Waals surface area contributed by atoms with Crippen molar-refractivity contribution in [3.05, 3.63) is 29.3 Å². The second-order valence-corrected chi connectivity index (χ2v) is 6.27. The predicted octanol–water partition coefficient (Wildman–Crippen LogP) is 5.08. The second kappa shape index (κ2) is 5.96. The summed E-state index contributed by atoms with van der Waals surface area (Å²) >= 11 is 3.12. The summed E-state index contributed by atoms with van der Waals surface area (Å²) in [6, 6.07) is 4.67. The average molecular weight is 350 g/mol. The fourth-order valence-electron chi connectivity index (χ4n) is 2.71. The maximum absolute atomic E-state index is 13.1. The van der Waals surface area contributed by atoms with Crippen LogP contribution in [-0.2, 0) is 11.5 Å². The molecule has 1 fully saturated rings. The first-order valence-electron chi connectivity index (χ1n) is 6.84. The Labute approximate surface area is 126 Å². The molecule has 112 valence electrons. The van der Waals surface area contributed by atoms with Gasteiger partial charge in [0.15, 0.2) is 0 Å². The van der Waals surface area contributed by atoms with Crippen molar-refractivity contribution in [3.63, 3.8) is 0 Å². The van der Waals surface area contributed by atoms with Crippen molar-refractivity contribution in [2.75, 3.05) is 18.0 Å². The molecule has 0 radical (unpaired) electrons. The third-order valence-corrected chi connectivity index (χ3v) is 4.68. The lowest BCUT2D eigenvalue weighted by atomic mass is 9.95. The fraction of sp³-hybridized carbons (Fsp3) is 0.600. The van der Waals surface area contributed by atoms with Crippen LogP contribution in [0, 0.1) is 11.8 Å². The quantitative estimate of drug-likeness (QED) is 0.687.